The summed E-state index contributed by atoms with van der Waals surface area (Å²) in [6.45, 7) is 1.94. The average Bonchev–Trinajstić information content (AvgIpc) is 2.21. The molecule has 0 aliphatic rings. The van der Waals surface area contributed by atoms with Crippen molar-refractivity contribution in [2.75, 3.05) is 6.61 Å². The van der Waals surface area contributed by atoms with Crippen molar-refractivity contribution < 1.29 is 9.53 Å². The first-order chi connectivity index (χ1) is 6.79. The minimum Gasteiger partial charge on any atom is -0.465 e. The number of carbonyl (C=O) groups is 1. The van der Waals surface area contributed by atoms with E-state index in [0.717, 1.165) is 0 Å². The van der Waals surface area contributed by atoms with Gasteiger partial charge < -0.3 is 4.74 Å². The van der Waals surface area contributed by atoms with E-state index in [1.165, 1.54) is 6.20 Å². The fourth-order valence-electron chi connectivity index (χ4n) is 0.946. The van der Waals surface area contributed by atoms with E-state index in [4.69, 9.17) is 10.00 Å². The van der Waals surface area contributed by atoms with Crippen LogP contribution >= 0.6 is 0 Å². The molecule has 0 fully saturated rings. The van der Waals surface area contributed by atoms with E-state index in [1.54, 1.807) is 19.1 Å². The second-order valence-electron chi connectivity index (χ2n) is 2.48. The topological polar surface area (TPSA) is 63.0 Å². The van der Waals surface area contributed by atoms with Crippen LogP contribution in [-0.4, -0.2) is 17.6 Å². The number of nitrogens with zero attached hydrogens (tertiary/aromatic N) is 2. The summed E-state index contributed by atoms with van der Waals surface area (Å²) in [4.78, 5) is 15.1. The van der Waals surface area contributed by atoms with E-state index < -0.39 is 11.9 Å². The van der Waals surface area contributed by atoms with Gasteiger partial charge in [0.1, 0.15) is 0 Å². The van der Waals surface area contributed by atoms with Crippen molar-refractivity contribution in [1.82, 2.24) is 4.98 Å². The lowest BCUT2D eigenvalue weighted by molar-refractivity contribution is -0.143. The van der Waals surface area contributed by atoms with Crippen LogP contribution in [0.25, 0.3) is 0 Å². The van der Waals surface area contributed by atoms with Crippen molar-refractivity contribution in [3.05, 3.63) is 30.1 Å². The van der Waals surface area contributed by atoms with Crippen LogP contribution in [0.2, 0.25) is 0 Å². The Balaban J connectivity index is 2.84. The molecule has 0 saturated heterocycles. The summed E-state index contributed by atoms with van der Waals surface area (Å²) in [5, 5.41) is 8.77. The summed E-state index contributed by atoms with van der Waals surface area (Å²) in [7, 11) is 0. The predicted octanol–water partition coefficient (Wildman–Crippen LogP) is 1.05. The van der Waals surface area contributed by atoms with Crippen molar-refractivity contribution in [1.29, 1.82) is 5.26 Å². The highest BCUT2D eigenvalue weighted by Gasteiger charge is 2.22. The molecule has 1 aromatic heterocycles. The second-order valence-corrected chi connectivity index (χ2v) is 2.48. The summed E-state index contributed by atoms with van der Waals surface area (Å²) in [5.41, 5.74) is 0.299. The molecule has 1 unspecified atom stereocenters. The quantitative estimate of drug-likeness (QED) is 0.667. The third kappa shape index (κ3) is 2.30. The van der Waals surface area contributed by atoms with Crippen molar-refractivity contribution >= 4 is 5.97 Å². The first-order valence-electron chi connectivity index (χ1n) is 4.18. The lowest BCUT2D eigenvalue weighted by Crippen LogP contribution is -2.15. The molecule has 1 heterocycles. The normalized spacial score (nSPS) is 11.4. The largest absolute Gasteiger partial charge is 0.465 e. The Morgan fingerprint density at radius 1 is 1.86 bits per heavy atom. The van der Waals surface area contributed by atoms with Crippen LogP contribution in [0, 0.1) is 17.4 Å². The Kier molecular flexibility index (Phi) is 3.62. The SMILES string of the molecule is CCOC(=O)C(C#N)c1[c]cccn1. The molecule has 0 saturated carbocycles. The van der Waals surface area contributed by atoms with Crippen LogP contribution in [0.3, 0.4) is 0 Å². The van der Waals surface area contributed by atoms with E-state index in [2.05, 4.69) is 11.1 Å². The van der Waals surface area contributed by atoms with E-state index in [0.29, 0.717) is 5.69 Å². The van der Waals surface area contributed by atoms with E-state index in [-0.39, 0.29) is 6.61 Å². The van der Waals surface area contributed by atoms with Gasteiger partial charge in [0.05, 0.1) is 18.4 Å². The first kappa shape index (κ1) is 10.2. The molecule has 0 aliphatic heterocycles. The number of carbonyl (C=O) groups excluding carboxylic acids is 1. The highest BCUT2D eigenvalue weighted by molar-refractivity contribution is 5.80. The number of nitriles is 1. The molecular weight excluding hydrogens is 180 g/mol. The number of rotatable bonds is 3. The zero-order chi connectivity index (χ0) is 10.4. The monoisotopic (exact) mass is 189 g/mol. The Bertz CT molecular complexity index is 343. The van der Waals surface area contributed by atoms with E-state index >= 15 is 0 Å². The summed E-state index contributed by atoms with van der Waals surface area (Å²) >= 11 is 0. The van der Waals surface area contributed by atoms with Crippen molar-refractivity contribution in [2.24, 2.45) is 0 Å². The van der Waals surface area contributed by atoms with Gasteiger partial charge in [0, 0.05) is 12.3 Å². The number of hydrogen-bond donors (Lipinski definition) is 0. The molecule has 1 aromatic rings. The Morgan fingerprint density at radius 2 is 2.64 bits per heavy atom. The third-order valence-corrected chi connectivity index (χ3v) is 1.55. The van der Waals surface area contributed by atoms with Crippen LogP contribution in [-0.2, 0) is 9.53 Å². The fourth-order valence-corrected chi connectivity index (χ4v) is 0.946. The van der Waals surface area contributed by atoms with Crippen LogP contribution in [0.4, 0.5) is 0 Å². The maximum absolute atomic E-state index is 11.3. The number of aromatic nitrogens is 1. The van der Waals surface area contributed by atoms with Gasteiger partial charge in [-0.3, -0.25) is 9.78 Å². The number of esters is 1. The number of hydrogen-bond acceptors (Lipinski definition) is 4. The van der Waals surface area contributed by atoms with Gasteiger partial charge >= 0.3 is 5.97 Å². The molecule has 71 valence electrons. The minimum absolute atomic E-state index is 0.254. The van der Waals surface area contributed by atoms with Crippen molar-refractivity contribution in [3.63, 3.8) is 0 Å². The van der Waals surface area contributed by atoms with E-state index in [9.17, 15) is 4.79 Å². The molecule has 4 nitrogen and oxygen atoms in total. The van der Waals surface area contributed by atoms with Gasteiger partial charge in [-0.15, -0.1) is 0 Å². The Morgan fingerprint density at radius 3 is 3.14 bits per heavy atom. The molecule has 1 radical (unpaired) electrons. The van der Waals surface area contributed by atoms with E-state index in [1.807, 2.05) is 6.07 Å². The molecule has 0 amide bonds. The summed E-state index contributed by atoms with van der Waals surface area (Å²) in [6.07, 6.45) is 1.51. The van der Waals surface area contributed by atoms with Gasteiger partial charge in [-0.2, -0.15) is 5.26 Å². The fraction of sp³-hybridized carbons (Fsp3) is 0.300. The van der Waals surface area contributed by atoms with Crippen molar-refractivity contribution in [3.8, 4) is 6.07 Å². The molecule has 0 bridgehead atoms. The van der Waals surface area contributed by atoms with Gasteiger partial charge in [-0.1, -0.05) is 6.07 Å². The second kappa shape index (κ2) is 4.97. The highest BCUT2D eigenvalue weighted by atomic mass is 16.5. The lowest BCUT2D eigenvalue weighted by atomic mass is 10.1. The van der Waals surface area contributed by atoms with Crippen LogP contribution in [0.15, 0.2) is 18.3 Å². The molecule has 1 rings (SSSR count). The maximum Gasteiger partial charge on any atom is 0.329 e. The summed E-state index contributed by atoms with van der Waals surface area (Å²) in [5.74, 6) is -1.55. The van der Waals surface area contributed by atoms with Crippen LogP contribution < -0.4 is 0 Å². The minimum atomic E-state index is -0.976. The smallest absolute Gasteiger partial charge is 0.329 e. The zero-order valence-corrected chi connectivity index (χ0v) is 7.73. The standard InChI is InChI=1S/C10H9N2O2/c1-2-14-10(13)8(7-11)9-5-3-4-6-12-9/h3-4,6,8H,2H2,1H3. The number of pyridine rings is 1. The summed E-state index contributed by atoms with van der Waals surface area (Å²) < 4.78 is 4.73. The van der Waals surface area contributed by atoms with Crippen molar-refractivity contribution in [2.45, 2.75) is 12.8 Å². The zero-order valence-electron chi connectivity index (χ0n) is 7.73. The lowest BCUT2D eigenvalue weighted by Gasteiger charge is -2.06. The first-order valence-corrected chi connectivity index (χ1v) is 4.18. The maximum atomic E-state index is 11.3. The summed E-state index contributed by atoms with van der Waals surface area (Å²) in [6, 6.07) is 7.83. The average molecular weight is 189 g/mol. The van der Waals surface area contributed by atoms with Crippen LogP contribution in [0.1, 0.15) is 18.5 Å². The molecule has 14 heavy (non-hydrogen) atoms. The van der Waals surface area contributed by atoms with Crippen LogP contribution in [0.5, 0.6) is 0 Å². The van der Waals surface area contributed by atoms with Gasteiger partial charge in [-0.25, -0.2) is 0 Å². The highest BCUT2D eigenvalue weighted by Crippen LogP contribution is 2.12. The van der Waals surface area contributed by atoms with Gasteiger partial charge in [0.2, 0.25) is 0 Å². The molecule has 0 aromatic carbocycles. The molecule has 0 spiro atoms. The Hall–Kier alpha value is -1.89. The molecule has 4 heteroatoms. The molecule has 0 N–H and O–H groups in total. The van der Waals surface area contributed by atoms with Gasteiger partial charge in [0.15, 0.2) is 5.92 Å². The van der Waals surface area contributed by atoms with Gasteiger partial charge in [-0.05, 0) is 13.0 Å². The molecule has 0 aliphatic carbocycles. The Labute approximate surface area is 82.1 Å². The van der Waals surface area contributed by atoms with Gasteiger partial charge in [0.25, 0.3) is 0 Å². The molecule has 1 atom stereocenters. The third-order valence-electron chi connectivity index (χ3n) is 1.55. The predicted molar refractivity (Wildman–Crippen MR) is 48.1 cm³/mol. The molecular formula is C10H9N2O2. The number of ether oxygens (including phenoxy) is 1.